The van der Waals surface area contributed by atoms with Gasteiger partial charge in [0.15, 0.2) is 17.1 Å². The number of methoxy groups -OCH3 is 4. The van der Waals surface area contributed by atoms with Gasteiger partial charge in [-0.2, -0.15) is 0 Å². The second-order valence-electron chi connectivity index (χ2n) is 6.64. The van der Waals surface area contributed by atoms with E-state index in [0.717, 1.165) is 0 Å². The monoisotopic (exact) mass is 458 g/mol. The van der Waals surface area contributed by atoms with Crippen LogP contribution in [0, 0.1) is 0 Å². The summed E-state index contributed by atoms with van der Waals surface area (Å²) in [5.41, 5.74) is -0.225. The second kappa shape index (κ2) is 9.51. The molecule has 0 aliphatic carbocycles. The Hall–Kier alpha value is -4.21. The van der Waals surface area contributed by atoms with Crippen molar-refractivity contribution in [1.29, 1.82) is 0 Å². The highest BCUT2D eigenvalue weighted by Crippen LogP contribution is 2.51. The van der Waals surface area contributed by atoms with Crippen molar-refractivity contribution in [3.63, 3.8) is 0 Å². The Labute approximate surface area is 188 Å². The minimum absolute atomic E-state index is 0.0233. The summed E-state index contributed by atoms with van der Waals surface area (Å²) in [7, 11) is 5.35. The molecule has 0 spiro atoms. The maximum atomic E-state index is 13.5. The van der Waals surface area contributed by atoms with Crippen LogP contribution in [0.1, 0.15) is 13.8 Å². The number of ether oxygens (including phenoxy) is 6. The molecular formula is C23H22O10. The number of carbonyl (C=O) groups is 2. The van der Waals surface area contributed by atoms with E-state index in [1.807, 2.05) is 0 Å². The van der Waals surface area contributed by atoms with E-state index < -0.39 is 17.4 Å². The average molecular weight is 458 g/mol. The fourth-order valence-corrected chi connectivity index (χ4v) is 3.32. The molecule has 0 atom stereocenters. The number of carbonyl (C=O) groups excluding carboxylic acids is 2. The quantitative estimate of drug-likeness (QED) is 0.385. The Balaban J connectivity index is 2.42. The molecule has 0 aliphatic heterocycles. The molecule has 33 heavy (non-hydrogen) atoms. The number of hydrogen-bond donors (Lipinski definition) is 0. The average Bonchev–Trinajstić information content (AvgIpc) is 2.78. The highest BCUT2D eigenvalue weighted by molar-refractivity contribution is 5.98. The minimum atomic E-state index is -0.690. The molecule has 0 N–H and O–H groups in total. The minimum Gasteiger partial charge on any atom is -0.490 e. The molecule has 0 unspecified atom stereocenters. The predicted octanol–water partition coefficient (Wildman–Crippen LogP) is 3.35. The number of rotatable bonds is 7. The van der Waals surface area contributed by atoms with Crippen molar-refractivity contribution in [1.82, 2.24) is 0 Å². The third kappa shape index (κ3) is 4.27. The molecule has 10 heteroatoms. The summed E-state index contributed by atoms with van der Waals surface area (Å²) in [6.07, 6.45) is 0. The van der Waals surface area contributed by atoms with Gasteiger partial charge in [0.2, 0.25) is 28.4 Å². The summed E-state index contributed by atoms with van der Waals surface area (Å²) in [6.45, 7) is 2.47. The molecule has 174 valence electrons. The lowest BCUT2D eigenvalue weighted by molar-refractivity contribution is -0.132. The first-order valence-electron chi connectivity index (χ1n) is 9.61. The van der Waals surface area contributed by atoms with Gasteiger partial charge < -0.3 is 32.8 Å². The van der Waals surface area contributed by atoms with Gasteiger partial charge >= 0.3 is 11.9 Å². The van der Waals surface area contributed by atoms with Gasteiger partial charge in [0.05, 0.1) is 28.4 Å². The Morgan fingerprint density at radius 2 is 1.21 bits per heavy atom. The van der Waals surface area contributed by atoms with Crippen molar-refractivity contribution in [2.45, 2.75) is 13.8 Å². The van der Waals surface area contributed by atoms with E-state index in [9.17, 15) is 14.4 Å². The topological polar surface area (TPSA) is 120 Å². The van der Waals surface area contributed by atoms with E-state index in [4.69, 9.17) is 32.8 Å². The van der Waals surface area contributed by atoms with Crippen LogP contribution in [-0.4, -0.2) is 40.4 Å². The summed E-state index contributed by atoms with van der Waals surface area (Å²) < 4.78 is 38.0. The zero-order chi connectivity index (χ0) is 24.3. The third-order valence-electron chi connectivity index (χ3n) is 4.56. The third-order valence-corrected chi connectivity index (χ3v) is 4.56. The van der Waals surface area contributed by atoms with Crippen LogP contribution in [0.2, 0.25) is 0 Å². The van der Waals surface area contributed by atoms with Crippen molar-refractivity contribution in [2.75, 3.05) is 28.4 Å². The van der Waals surface area contributed by atoms with Crippen LogP contribution in [0.5, 0.6) is 34.5 Å². The fraction of sp³-hybridized carbons (Fsp3) is 0.261. The molecule has 0 radical (unpaired) electrons. The number of benzene rings is 2. The lowest BCUT2D eigenvalue weighted by Crippen LogP contribution is -2.13. The van der Waals surface area contributed by atoms with Gasteiger partial charge in [-0.3, -0.25) is 14.4 Å². The van der Waals surface area contributed by atoms with Gasteiger partial charge in [-0.15, -0.1) is 0 Å². The van der Waals surface area contributed by atoms with E-state index in [1.165, 1.54) is 54.4 Å². The van der Waals surface area contributed by atoms with E-state index >= 15 is 0 Å². The first-order chi connectivity index (χ1) is 15.8. The molecule has 0 fully saturated rings. The van der Waals surface area contributed by atoms with Crippen LogP contribution in [0.4, 0.5) is 0 Å². The van der Waals surface area contributed by atoms with Gasteiger partial charge in [0.25, 0.3) is 0 Å². The van der Waals surface area contributed by atoms with Crippen LogP contribution in [0.3, 0.4) is 0 Å². The highest BCUT2D eigenvalue weighted by atomic mass is 16.6. The first kappa shape index (κ1) is 23.5. The summed E-state index contributed by atoms with van der Waals surface area (Å²) >= 11 is 0. The molecule has 2 aromatic carbocycles. The Morgan fingerprint density at radius 1 is 0.697 bits per heavy atom. The standard InChI is InChI=1S/C23H22O10/c1-11(24)31-14-9-7-13(8-10-14)17-20(27-3)16(26)15-18(32-12(2)25)21(28-4)23(30-6)22(29-5)19(15)33-17/h7-10H,1-6H3. The van der Waals surface area contributed by atoms with Gasteiger partial charge in [-0.25, -0.2) is 0 Å². The number of fused-ring (bicyclic) bond motifs is 1. The predicted molar refractivity (Wildman–Crippen MR) is 117 cm³/mol. The van der Waals surface area contributed by atoms with Crippen molar-refractivity contribution < 1.29 is 42.4 Å². The van der Waals surface area contributed by atoms with Crippen LogP contribution in [-0.2, 0) is 9.59 Å². The first-order valence-corrected chi connectivity index (χ1v) is 9.61. The lowest BCUT2D eigenvalue weighted by Gasteiger charge is -2.19. The lowest BCUT2D eigenvalue weighted by atomic mass is 10.1. The molecular weight excluding hydrogens is 436 g/mol. The van der Waals surface area contributed by atoms with Crippen molar-refractivity contribution in [3.8, 4) is 45.8 Å². The van der Waals surface area contributed by atoms with Crippen molar-refractivity contribution in [3.05, 3.63) is 34.5 Å². The van der Waals surface area contributed by atoms with Gasteiger partial charge in [0, 0.05) is 19.4 Å². The maximum Gasteiger partial charge on any atom is 0.308 e. The smallest absolute Gasteiger partial charge is 0.308 e. The molecule has 3 rings (SSSR count). The largest absolute Gasteiger partial charge is 0.490 e. The van der Waals surface area contributed by atoms with E-state index in [0.29, 0.717) is 11.3 Å². The molecule has 10 nitrogen and oxygen atoms in total. The van der Waals surface area contributed by atoms with Crippen LogP contribution in [0.15, 0.2) is 33.5 Å². The van der Waals surface area contributed by atoms with Crippen molar-refractivity contribution >= 4 is 22.9 Å². The Kier molecular flexibility index (Phi) is 6.76. The van der Waals surface area contributed by atoms with Crippen LogP contribution in [0.25, 0.3) is 22.3 Å². The SMILES string of the molecule is COc1c(OC)c(OC(C)=O)c2c(=O)c(OC)c(-c3ccc(OC(C)=O)cc3)oc2c1OC. The molecule has 0 amide bonds. The number of esters is 2. The zero-order valence-electron chi connectivity index (χ0n) is 18.9. The Bertz CT molecular complexity index is 1270. The summed E-state index contributed by atoms with van der Waals surface area (Å²) in [6, 6.07) is 6.25. The molecule has 0 saturated carbocycles. The maximum absolute atomic E-state index is 13.5. The van der Waals surface area contributed by atoms with E-state index in [-0.39, 0.29) is 45.5 Å². The van der Waals surface area contributed by atoms with Crippen LogP contribution < -0.4 is 33.8 Å². The molecule has 1 heterocycles. The normalized spacial score (nSPS) is 10.5. The fourth-order valence-electron chi connectivity index (χ4n) is 3.32. The molecule has 3 aromatic rings. The van der Waals surface area contributed by atoms with Crippen LogP contribution >= 0.6 is 0 Å². The van der Waals surface area contributed by atoms with E-state index in [2.05, 4.69) is 0 Å². The zero-order valence-corrected chi connectivity index (χ0v) is 18.9. The number of hydrogen-bond acceptors (Lipinski definition) is 10. The molecule has 1 aromatic heterocycles. The van der Waals surface area contributed by atoms with Gasteiger partial charge in [-0.05, 0) is 24.3 Å². The van der Waals surface area contributed by atoms with Crippen molar-refractivity contribution in [2.24, 2.45) is 0 Å². The van der Waals surface area contributed by atoms with Gasteiger partial charge in [0.1, 0.15) is 11.1 Å². The molecule has 0 bridgehead atoms. The second-order valence-corrected chi connectivity index (χ2v) is 6.64. The van der Waals surface area contributed by atoms with E-state index in [1.54, 1.807) is 12.1 Å². The summed E-state index contributed by atoms with van der Waals surface area (Å²) in [4.78, 5) is 36.5. The Morgan fingerprint density at radius 3 is 1.70 bits per heavy atom. The highest BCUT2D eigenvalue weighted by Gasteiger charge is 2.31. The van der Waals surface area contributed by atoms with Gasteiger partial charge in [-0.1, -0.05) is 0 Å². The summed E-state index contributed by atoms with van der Waals surface area (Å²) in [5, 5.41) is -0.128. The molecule has 0 aliphatic rings. The summed E-state index contributed by atoms with van der Waals surface area (Å²) in [5.74, 6) is -1.02. The molecule has 0 saturated heterocycles.